The number of benzene rings is 2. The number of ether oxygens (including phenoxy) is 3. The Balaban J connectivity index is 2.02. The van der Waals surface area contributed by atoms with Crippen molar-refractivity contribution in [3.05, 3.63) is 53.6 Å². The van der Waals surface area contributed by atoms with Crippen LogP contribution in [-0.2, 0) is 6.54 Å². The zero-order valence-corrected chi connectivity index (χ0v) is 15.9. The van der Waals surface area contributed by atoms with Gasteiger partial charge in [0, 0.05) is 12.6 Å². The second-order valence-electron chi connectivity index (χ2n) is 6.02. The number of rotatable bonds is 9. The van der Waals surface area contributed by atoms with Crippen molar-refractivity contribution < 1.29 is 19.0 Å². The highest BCUT2D eigenvalue weighted by Crippen LogP contribution is 2.25. The van der Waals surface area contributed by atoms with Crippen LogP contribution in [0.3, 0.4) is 0 Å². The zero-order valence-electron chi connectivity index (χ0n) is 15.9. The lowest BCUT2D eigenvalue weighted by Gasteiger charge is -2.13. The van der Waals surface area contributed by atoms with Crippen molar-refractivity contribution in [3.8, 4) is 17.2 Å². The Labute approximate surface area is 155 Å². The molecule has 1 N–H and O–H groups in total. The van der Waals surface area contributed by atoms with Gasteiger partial charge in [-0.2, -0.15) is 0 Å². The normalized spacial score (nSPS) is 10.5. The van der Waals surface area contributed by atoms with Gasteiger partial charge in [0.05, 0.1) is 24.9 Å². The van der Waals surface area contributed by atoms with E-state index < -0.39 is 0 Å². The van der Waals surface area contributed by atoms with Crippen molar-refractivity contribution in [2.75, 3.05) is 13.2 Å². The van der Waals surface area contributed by atoms with Crippen LogP contribution in [0, 0.1) is 0 Å². The molecule has 0 bridgehead atoms. The molecule has 0 aliphatic heterocycles. The van der Waals surface area contributed by atoms with Crippen LogP contribution in [-0.4, -0.2) is 25.2 Å². The number of hydrogen-bond donors (Lipinski definition) is 1. The molecule has 0 saturated carbocycles. The van der Waals surface area contributed by atoms with Gasteiger partial charge >= 0.3 is 0 Å². The van der Waals surface area contributed by atoms with Gasteiger partial charge in [0.2, 0.25) is 0 Å². The first-order chi connectivity index (χ1) is 12.5. The zero-order chi connectivity index (χ0) is 18.9. The van der Waals surface area contributed by atoms with Gasteiger partial charge in [-0.3, -0.25) is 4.79 Å². The van der Waals surface area contributed by atoms with Crippen molar-refractivity contribution in [1.82, 2.24) is 5.32 Å². The minimum absolute atomic E-state index is 0.136. The molecule has 1 amide bonds. The predicted octanol–water partition coefficient (Wildman–Crippen LogP) is 4.20. The monoisotopic (exact) mass is 357 g/mol. The van der Waals surface area contributed by atoms with Crippen LogP contribution in [0.5, 0.6) is 17.2 Å². The van der Waals surface area contributed by atoms with E-state index in [-0.39, 0.29) is 12.0 Å². The fraction of sp³-hybridized carbons (Fsp3) is 0.381. The standard InChI is InChI=1S/C21H27NO4/c1-5-24-18-11-12-19(20(13-18)25-6-2)21(23)22-14-16-7-9-17(10-8-16)26-15(3)4/h7-13,15H,5-6,14H2,1-4H3,(H,22,23). The molecule has 0 fully saturated rings. The smallest absolute Gasteiger partial charge is 0.255 e. The molecule has 0 atom stereocenters. The van der Waals surface area contributed by atoms with Crippen molar-refractivity contribution in [2.24, 2.45) is 0 Å². The van der Waals surface area contributed by atoms with E-state index in [0.717, 1.165) is 11.3 Å². The average Bonchev–Trinajstić information content (AvgIpc) is 2.61. The van der Waals surface area contributed by atoms with Crippen molar-refractivity contribution in [1.29, 1.82) is 0 Å². The third-order valence-corrected chi connectivity index (χ3v) is 3.56. The maximum atomic E-state index is 12.5. The van der Waals surface area contributed by atoms with E-state index in [0.29, 0.717) is 36.8 Å². The molecule has 140 valence electrons. The Morgan fingerprint density at radius 3 is 2.23 bits per heavy atom. The maximum absolute atomic E-state index is 12.5. The molecule has 0 aromatic heterocycles. The third kappa shape index (κ3) is 5.69. The molecule has 0 aliphatic rings. The van der Waals surface area contributed by atoms with Gasteiger partial charge in [0.15, 0.2) is 0 Å². The van der Waals surface area contributed by atoms with E-state index in [2.05, 4.69) is 5.32 Å². The summed E-state index contributed by atoms with van der Waals surface area (Å²) in [6, 6.07) is 13.0. The van der Waals surface area contributed by atoms with Gasteiger partial charge in [-0.15, -0.1) is 0 Å². The number of carbonyl (C=O) groups is 1. The molecule has 2 aromatic carbocycles. The van der Waals surface area contributed by atoms with Gasteiger partial charge in [-0.1, -0.05) is 12.1 Å². The molecule has 0 spiro atoms. The topological polar surface area (TPSA) is 56.8 Å². The summed E-state index contributed by atoms with van der Waals surface area (Å²) in [6.07, 6.45) is 0.136. The van der Waals surface area contributed by atoms with Gasteiger partial charge < -0.3 is 19.5 Å². The van der Waals surface area contributed by atoms with Crippen molar-refractivity contribution >= 4 is 5.91 Å². The lowest BCUT2D eigenvalue weighted by atomic mass is 10.1. The lowest BCUT2D eigenvalue weighted by molar-refractivity contribution is 0.0947. The summed E-state index contributed by atoms with van der Waals surface area (Å²) < 4.78 is 16.7. The minimum Gasteiger partial charge on any atom is -0.494 e. The van der Waals surface area contributed by atoms with E-state index in [1.807, 2.05) is 52.0 Å². The molecule has 2 aromatic rings. The second kappa shape index (κ2) is 9.70. The molecular formula is C21H27NO4. The Bertz CT molecular complexity index is 710. The van der Waals surface area contributed by atoms with Crippen LogP contribution in [0.2, 0.25) is 0 Å². The van der Waals surface area contributed by atoms with Crippen LogP contribution in [0.25, 0.3) is 0 Å². The molecule has 0 radical (unpaired) electrons. The molecule has 26 heavy (non-hydrogen) atoms. The maximum Gasteiger partial charge on any atom is 0.255 e. The van der Waals surface area contributed by atoms with Crippen molar-refractivity contribution in [3.63, 3.8) is 0 Å². The first kappa shape index (κ1) is 19.6. The quantitative estimate of drug-likeness (QED) is 0.731. The number of carbonyl (C=O) groups excluding carboxylic acids is 1. The lowest BCUT2D eigenvalue weighted by Crippen LogP contribution is -2.23. The summed E-state index contributed by atoms with van der Waals surface area (Å²) in [4.78, 5) is 12.5. The summed E-state index contributed by atoms with van der Waals surface area (Å²) in [5, 5.41) is 2.93. The van der Waals surface area contributed by atoms with Crippen LogP contribution in [0.4, 0.5) is 0 Å². The Hall–Kier alpha value is -2.69. The predicted molar refractivity (Wildman–Crippen MR) is 102 cm³/mol. The van der Waals surface area contributed by atoms with Crippen molar-refractivity contribution in [2.45, 2.75) is 40.3 Å². The first-order valence-corrected chi connectivity index (χ1v) is 8.96. The highest BCUT2D eigenvalue weighted by molar-refractivity contribution is 5.97. The summed E-state index contributed by atoms with van der Waals surface area (Å²) >= 11 is 0. The number of amides is 1. The van der Waals surface area contributed by atoms with Crippen LogP contribution in [0.15, 0.2) is 42.5 Å². The minimum atomic E-state index is -0.181. The highest BCUT2D eigenvalue weighted by Gasteiger charge is 2.13. The van der Waals surface area contributed by atoms with E-state index in [1.54, 1.807) is 18.2 Å². The van der Waals surface area contributed by atoms with Gasteiger partial charge in [0.1, 0.15) is 17.2 Å². The SMILES string of the molecule is CCOc1ccc(C(=O)NCc2ccc(OC(C)C)cc2)c(OCC)c1. The van der Waals surface area contributed by atoms with Gasteiger partial charge in [-0.05, 0) is 57.5 Å². The van der Waals surface area contributed by atoms with Crippen LogP contribution >= 0.6 is 0 Å². The Morgan fingerprint density at radius 1 is 0.962 bits per heavy atom. The second-order valence-corrected chi connectivity index (χ2v) is 6.02. The Morgan fingerprint density at radius 2 is 1.62 bits per heavy atom. The fourth-order valence-electron chi connectivity index (χ4n) is 2.46. The van der Waals surface area contributed by atoms with E-state index in [4.69, 9.17) is 14.2 Å². The summed E-state index contributed by atoms with van der Waals surface area (Å²) in [7, 11) is 0. The summed E-state index contributed by atoms with van der Waals surface area (Å²) in [5.74, 6) is 1.85. The van der Waals surface area contributed by atoms with E-state index >= 15 is 0 Å². The number of nitrogens with one attached hydrogen (secondary N) is 1. The van der Waals surface area contributed by atoms with Crippen LogP contribution in [0.1, 0.15) is 43.6 Å². The molecule has 0 aliphatic carbocycles. The molecule has 0 heterocycles. The largest absolute Gasteiger partial charge is 0.494 e. The average molecular weight is 357 g/mol. The van der Waals surface area contributed by atoms with Crippen LogP contribution < -0.4 is 19.5 Å². The first-order valence-electron chi connectivity index (χ1n) is 8.96. The molecular weight excluding hydrogens is 330 g/mol. The third-order valence-electron chi connectivity index (χ3n) is 3.56. The molecule has 5 heteroatoms. The molecule has 5 nitrogen and oxygen atoms in total. The van der Waals surface area contributed by atoms with E-state index in [9.17, 15) is 4.79 Å². The van der Waals surface area contributed by atoms with E-state index in [1.165, 1.54) is 0 Å². The number of hydrogen-bond acceptors (Lipinski definition) is 4. The highest BCUT2D eigenvalue weighted by atomic mass is 16.5. The summed E-state index contributed by atoms with van der Waals surface area (Å²) in [5.41, 5.74) is 1.49. The fourth-order valence-corrected chi connectivity index (χ4v) is 2.46. The molecule has 0 unspecified atom stereocenters. The Kier molecular flexibility index (Phi) is 7.33. The molecule has 0 saturated heterocycles. The van der Waals surface area contributed by atoms with Gasteiger partial charge in [-0.25, -0.2) is 0 Å². The van der Waals surface area contributed by atoms with Gasteiger partial charge in [0.25, 0.3) is 5.91 Å². The summed E-state index contributed by atoms with van der Waals surface area (Å²) in [6.45, 7) is 9.25. The molecule has 2 rings (SSSR count).